The molecule has 2 atom stereocenters. The average Bonchev–Trinajstić information content (AvgIpc) is 2.29. The van der Waals surface area contributed by atoms with E-state index in [2.05, 4.69) is 11.9 Å². The van der Waals surface area contributed by atoms with Gasteiger partial charge in [-0.3, -0.25) is 0 Å². The molecule has 0 unspecified atom stereocenters. The Hall–Kier alpha value is -0.380. The van der Waals surface area contributed by atoms with E-state index in [0.29, 0.717) is 12.7 Å². The van der Waals surface area contributed by atoms with Crippen molar-refractivity contribution in [2.24, 2.45) is 5.41 Å². The Balaban J connectivity index is 1.95. The smallest absolute Gasteiger partial charge is 0.0677 e. The van der Waals surface area contributed by atoms with Crippen molar-refractivity contribution in [2.75, 3.05) is 32.9 Å². The van der Waals surface area contributed by atoms with Crippen molar-refractivity contribution < 1.29 is 9.47 Å². The minimum atomic E-state index is 0.222. The predicted octanol–water partition coefficient (Wildman–Crippen LogP) is 1.35. The van der Waals surface area contributed by atoms with Crippen molar-refractivity contribution in [1.29, 1.82) is 0 Å². The van der Waals surface area contributed by atoms with Gasteiger partial charge in [-0.1, -0.05) is 6.08 Å². The summed E-state index contributed by atoms with van der Waals surface area (Å²) in [5.74, 6) is 0. The van der Waals surface area contributed by atoms with E-state index < -0.39 is 0 Å². The lowest BCUT2D eigenvalue weighted by molar-refractivity contribution is -0.128. The molecule has 0 spiro atoms. The number of piperidine rings is 1. The molecule has 0 aromatic heterocycles. The molecule has 2 fully saturated rings. The van der Waals surface area contributed by atoms with E-state index in [1.54, 1.807) is 0 Å². The van der Waals surface area contributed by atoms with Gasteiger partial charge in [0, 0.05) is 18.6 Å². The molecule has 2 heterocycles. The van der Waals surface area contributed by atoms with Gasteiger partial charge in [-0.25, -0.2) is 0 Å². The monoisotopic (exact) mass is 211 g/mol. The normalized spacial score (nSPS) is 35.9. The molecule has 0 aliphatic carbocycles. The van der Waals surface area contributed by atoms with Crippen LogP contribution >= 0.6 is 0 Å². The zero-order chi connectivity index (χ0) is 10.6. The van der Waals surface area contributed by atoms with Crippen molar-refractivity contribution >= 4 is 0 Å². The van der Waals surface area contributed by atoms with E-state index in [-0.39, 0.29) is 5.41 Å². The molecule has 2 aliphatic rings. The number of hydrogen-bond acceptors (Lipinski definition) is 3. The molecule has 2 saturated heterocycles. The standard InChI is InChI=1S/C12H21NO2/c1-2-7-14-10-12-5-3-8-15-11(12)4-6-13-9-12/h2,11,13H,1,3-10H2/t11-,12+/m1/s1. The fourth-order valence-corrected chi connectivity index (χ4v) is 2.71. The molecule has 0 aromatic rings. The first-order valence-corrected chi connectivity index (χ1v) is 5.88. The second kappa shape index (κ2) is 5.10. The molecule has 0 aromatic carbocycles. The quantitative estimate of drug-likeness (QED) is 0.562. The van der Waals surface area contributed by atoms with Crippen molar-refractivity contribution in [3.05, 3.63) is 12.7 Å². The first kappa shape index (κ1) is 11.1. The summed E-state index contributed by atoms with van der Waals surface area (Å²) in [6, 6.07) is 0. The molecule has 0 saturated carbocycles. The van der Waals surface area contributed by atoms with Gasteiger partial charge in [0.15, 0.2) is 0 Å². The van der Waals surface area contributed by atoms with Crippen LogP contribution in [0, 0.1) is 5.41 Å². The second-order valence-electron chi connectivity index (χ2n) is 4.59. The van der Waals surface area contributed by atoms with Crippen LogP contribution in [0.25, 0.3) is 0 Å². The summed E-state index contributed by atoms with van der Waals surface area (Å²) in [5, 5.41) is 3.47. The Labute approximate surface area is 91.8 Å². The van der Waals surface area contributed by atoms with Gasteiger partial charge in [-0.05, 0) is 25.8 Å². The van der Waals surface area contributed by atoms with Crippen LogP contribution in [-0.4, -0.2) is 39.0 Å². The van der Waals surface area contributed by atoms with Gasteiger partial charge < -0.3 is 14.8 Å². The average molecular weight is 211 g/mol. The summed E-state index contributed by atoms with van der Waals surface area (Å²) >= 11 is 0. The third kappa shape index (κ3) is 2.41. The molecule has 0 amide bonds. The summed E-state index contributed by atoms with van der Waals surface area (Å²) in [5.41, 5.74) is 0.222. The van der Waals surface area contributed by atoms with Gasteiger partial charge >= 0.3 is 0 Å². The van der Waals surface area contributed by atoms with Crippen LogP contribution in [0.1, 0.15) is 19.3 Å². The molecule has 3 heteroatoms. The van der Waals surface area contributed by atoms with Gasteiger partial charge in [-0.15, -0.1) is 6.58 Å². The maximum atomic E-state index is 5.87. The summed E-state index contributed by atoms with van der Waals surface area (Å²) in [6.45, 7) is 8.16. The third-order valence-electron chi connectivity index (χ3n) is 3.51. The number of nitrogens with one attached hydrogen (secondary N) is 1. The van der Waals surface area contributed by atoms with Crippen molar-refractivity contribution in [3.63, 3.8) is 0 Å². The van der Waals surface area contributed by atoms with Gasteiger partial charge in [0.25, 0.3) is 0 Å². The molecule has 3 nitrogen and oxygen atoms in total. The highest BCUT2D eigenvalue weighted by molar-refractivity contribution is 4.95. The van der Waals surface area contributed by atoms with Crippen molar-refractivity contribution in [2.45, 2.75) is 25.4 Å². The summed E-state index contributed by atoms with van der Waals surface area (Å²) in [4.78, 5) is 0. The lowest BCUT2D eigenvalue weighted by Crippen LogP contribution is -2.55. The molecule has 15 heavy (non-hydrogen) atoms. The van der Waals surface area contributed by atoms with Crippen LogP contribution in [0.3, 0.4) is 0 Å². The molecule has 2 aliphatic heterocycles. The maximum Gasteiger partial charge on any atom is 0.0677 e. The van der Waals surface area contributed by atoms with Crippen molar-refractivity contribution in [3.8, 4) is 0 Å². The van der Waals surface area contributed by atoms with Crippen molar-refractivity contribution in [1.82, 2.24) is 5.32 Å². The van der Waals surface area contributed by atoms with Crippen LogP contribution in [0.2, 0.25) is 0 Å². The van der Waals surface area contributed by atoms with E-state index in [1.165, 1.54) is 6.42 Å². The molecular formula is C12H21NO2. The van der Waals surface area contributed by atoms with Gasteiger partial charge in [-0.2, -0.15) is 0 Å². The molecule has 0 bridgehead atoms. The summed E-state index contributed by atoms with van der Waals surface area (Å²) in [7, 11) is 0. The first-order valence-electron chi connectivity index (χ1n) is 5.88. The summed E-state index contributed by atoms with van der Waals surface area (Å²) < 4.78 is 11.5. The fourth-order valence-electron chi connectivity index (χ4n) is 2.71. The highest BCUT2D eigenvalue weighted by Crippen LogP contribution is 2.37. The largest absolute Gasteiger partial charge is 0.377 e. The Morgan fingerprint density at radius 1 is 1.60 bits per heavy atom. The van der Waals surface area contributed by atoms with E-state index in [9.17, 15) is 0 Å². The number of fused-ring (bicyclic) bond motifs is 1. The topological polar surface area (TPSA) is 30.5 Å². The van der Waals surface area contributed by atoms with E-state index in [0.717, 1.165) is 39.1 Å². The van der Waals surface area contributed by atoms with Crippen LogP contribution in [0.5, 0.6) is 0 Å². The maximum absolute atomic E-state index is 5.87. The van der Waals surface area contributed by atoms with Gasteiger partial charge in [0.05, 0.1) is 19.3 Å². The first-order chi connectivity index (χ1) is 7.37. The molecule has 1 N–H and O–H groups in total. The van der Waals surface area contributed by atoms with Gasteiger partial charge in [0.1, 0.15) is 0 Å². The van der Waals surface area contributed by atoms with Crippen LogP contribution in [-0.2, 0) is 9.47 Å². The fraction of sp³-hybridized carbons (Fsp3) is 0.833. The lowest BCUT2D eigenvalue weighted by atomic mass is 9.73. The lowest BCUT2D eigenvalue weighted by Gasteiger charge is -2.46. The highest BCUT2D eigenvalue weighted by atomic mass is 16.5. The predicted molar refractivity (Wildman–Crippen MR) is 59.9 cm³/mol. The van der Waals surface area contributed by atoms with E-state index in [4.69, 9.17) is 9.47 Å². The second-order valence-corrected chi connectivity index (χ2v) is 4.59. The van der Waals surface area contributed by atoms with Crippen LogP contribution < -0.4 is 5.32 Å². The zero-order valence-electron chi connectivity index (χ0n) is 9.34. The SMILES string of the molecule is C=CCOC[C@@]12CCCO[C@@H]1CCNC2. The van der Waals surface area contributed by atoms with E-state index in [1.807, 2.05) is 6.08 Å². The van der Waals surface area contributed by atoms with Gasteiger partial charge in [0.2, 0.25) is 0 Å². The highest BCUT2D eigenvalue weighted by Gasteiger charge is 2.43. The van der Waals surface area contributed by atoms with Crippen LogP contribution in [0.4, 0.5) is 0 Å². The molecular weight excluding hydrogens is 190 g/mol. The van der Waals surface area contributed by atoms with Crippen LogP contribution in [0.15, 0.2) is 12.7 Å². The molecule has 86 valence electrons. The van der Waals surface area contributed by atoms with E-state index >= 15 is 0 Å². The molecule has 0 radical (unpaired) electrons. The Kier molecular flexibility index (Phi) is 3.78. The third-order valence-corrected chi connectivity index (χ3v) is 3.51. The number of rotatable bonds is 4. The Bertz CT molecular complexity index is 206. The zero-order valence-corrected chi connectivity index (χ0v) is 9.34. The Morgan fingerprint density at radius 2 is 2.53 bits per heavy atom. The minimum Gasteiger partial charge on any atom is -0.377 e. The number of hydrogen-bond donors (Lipinski definition) is 1. The number of ether oxygens (including phenoxy) is 2. The molecule has 2 rings (SSSR count). The summed E-state index contributed by atoms with van der Waals surface area (Å²) in [6.07, 6.45) is 5.72. The Morgan fingerprint density at radius 3 is 3.40 bits per heavy atom. The minimum absolute atomic E-state index is 0.222.